The van der Waals surface area contributed by atoms with E-state index in [1.165, 1.54) is 10.9 Å². The van der Waals surface area contributed by atoms with Crippen LogP contribution in [0.25, 0.3) is 5.69 Å². The summed E-state index contributed by atoms with van der Waals surface area (Å²) in [5.41, 5.74) is 6.68. The minimum atomic E-state index is -0.506. The predicted molar refractivity (Wildman–Crippen MR) is 60.7 cm³/mol. The number of hydrogen-bond acceptors (Lipinski definition) is 2. The van der Waals surface area contributed by atoms with Gasteiger partial charge >= 0.3 is 0 Å². The van der Waals surface area contributed by atoms with Crippen molar-refractivity contribution < 1.29 is 8.78 Å². The SMILES string of the molecule is CC[C@@H](N)c1cncn1-c1cc(F)ccc1F. The summed E-state index contributed by atoms with van der Waals surface area (Å²) in [5.74, 6) is -1.000. The van der Waals surface area contributed by atoms with E-state index in [1.54, 1.807) is 6.20 Å². The number of hydrogen-bond donors (Lipinski definition) is 1. The van der Waals surface area contributed by atoms with Gasteiger partial charge in [0.05, 0.1) is 23.9 Å². The molecular weight excluding hydrogens is 224 g/mol. The van der Waals surface area contributed by atoms with Crippen molar-refractivity contribution in [2.75, 3.05) is 0 Å². The van der Waals surface area contributed by atoms with Crippen molar-refractivity contribution in [3.8, 4) is 5.69 Å². The van der Waals surface area contributed by atoms with E-state index in [0.29, 0.717) is 12.1 Å². The maximum absolute atomic E-state index is 13.6. The van der Waals surface area contributed by atoms with Gasteiger partial charge in [0.1, 0.15) is 11.6 Å². The lowest BCUT2D eigenvalue weighted by molar-refractivity contribution is 0.584. The predicted octanol–water partition coefficient (Wildman–Crippen LogP) is 2.56. The topological polar surface area (TPSA) is 43.8 Å². The molecule has 2 aromatic rings. The smallest absolute Gasteiger partial charge is 0.147 e. The Morgan fingerprint density at radius 1 is 1.41 bits per heavy atom. The van der Waals surface area contributed by atoms with Gasteiger partial charge in [-0.3, -0.25) is 4.57 Å². The zero-order valence-electron chi connectivity index (χ0n) is 9.40. The third kappa shape index (κ3) is 2.19. The molecule has 0 aliphatic heterocycles. The van der Waals surface area contributed by atoms with E-state index in [4.69, 9.17) is 5.73 Å². The van der Waals surface area contributed by atoms with Crippen molar-refractivity contribution in [3.63, 3.8) is 0 Å². The molecule has 0 unspecified atom stereocenters. The first kappa shape index (κ1) is 11.7. The van der Waals surface area contributed by atoms with Crippen LogP contribution in [0.1, 0.15) is 25.1 Å². The van der Waals surface area contributed by atoms with Crippen molar-refractivity contribution in [2.45, 2.75) is 19.4 Å². The number of aromatic nitrogens is 2. The van der Waals surface area contributed by atoms with Crippen LogP contribution in [0.15, 0.2) is 30.7 Å². The molecule has 1 aromatic heterocycles. The van der Waals surface area contributed by atoms with E-state index in [1.807, 2.05) is 6.92 Å². The summed E-state index contributed by atoms with van der Waals surface area (Å²) in [5, 5.41) is 0. The fourth-order valence-corrected chi connectivity index (χ4v) is 1.66. The Hall–Kier alpha value is -1.75. The van der Waals surface area contributed by atoms with Crippen molar-refractivity contribution in [3.05, 3.63) is 48.1 Å². The lowest BCUT2D eigenvalue weighted by atomic mass is 10.1. The first-order chi connectivity index (χ1) is 8.13. The summed E-state index contributed by atoms with van der Waals surface area (Å²) >= 11 is 0. The van der Waals surface area contributed by atoms with Crippen LogP contribution in [0.4, 0.5) is 8.78 Å². The van der Waals surface area contributed by atoms with Crippen molar-refractivity contribution in [1.82, 2.24) is 9.55 Å². The minimum Gasteiger partial charge on any atom is -0.323 e. The largest absolute Gasteiger partial charge is 0.323 e. The monoisotopic (exact) mass is 237 g/mol. The summed E-state index contributed by atoms with van der Waals surface area (Å²) < 4.78 is 28.2. The van der Waals surface area contributed by atoms with Gasteiger partial charge in [-0.15, -0.1) is 0 Å². The van der Waals surface area contributed by atoms with E-state index < -0.39 is 11.6 Å². The fraction of sp³-hybridized carbons (Fsp3) is 0.250. The van der Waals surface area contributed by atoms with E-state index in [2.05, 4.69) is 4.98 Å². The second-order valence-corrected chi connectivity index (χ2v) is 3.80. The molecule has 1 heterocycles. The molecule has 1 atom stereocenters. The molecular formula is C12H13F2N3. The Morgan fingerprint density at radius 3 is 2.88 bits per heavy atom. The number of imidazole rings is 1. The van der Waals surface area contributed by atoms with E-state index in [9.17, 15) is 8.78 Å². The van der Waals surface area contributed by atoms with Crippen molar-refractivity contribution >= 4 is 0 Å². The van der Waals surface area contributed by atoms with Gasteiger partial charge in [0, 0.05) is 12.1 Å². The minimum absolute atomic E-state index is 0.126. The van der Waals surface area contributed by atoms with Gasteiger partial charge in [0.15, 0.2) is 0 Å². The molecule has 0 aliphatic carbocycles. The van der Waals surface area contributed by atoms with Crippen molar-refractivity contribution in [2.24, 2.45) is 5.73 Å². The molecule has 0 bridgehead atoms. The second kappa shape index (κ2) is 4.63. The highest BCUT2D eigenvalue weighted by Gasteiger charge is 2.14. The lowest BCUT2D eigenvalue weighted by Gasteiger charge is -2.13. The summed E-state index contributed by atoms with van der Waals surface area (Å²) in [7, 11) is 0. The molecule has 0 amide bonds. The van der Waals surface area contributed by atoms with Gasteiger partial charge in [-0.2, -0.15) is 0 Å². The molecule has 0 saturated carbocycles. The molecule has 5 heteroatoms. The molecule has 2 N–H and O–H groups in total. The first-order valence-corrected chi connectivity index (χ1v) is 5.36. The third-order valence-corrected chi connectivity index (χ3v) is 2.65. The molecule has 3 nitrogen and oxygen atoms in total. The van der Waals surface area contributed by atoms with Gasteiger partial charge in [-0.25, -0.2) is 13.8 Å². The lowest BCUT2D eigenvalue weighted by Crippen LogP contribution is -2.14. The van der Waals surface area contributed by atoms with Crippen molar-refractivity contribution in [1.29, 1.82) is 0 Å². The zero-order chi connectivity index (χ0) is 12.4. The highest BCUT2D eigenvalue weighted by atomic mass is 19.1. The number of halogens is 2. The Balaban J connectivity index is 2.53. The molecule has 0 aliphatic rings. The maximum atomic E-state index is 13.6. The maximum Gasteiger partial charge on any atom is 0.147 e. The van der Waals surface area contributed by atoms with E-state index >= 15 is 0 Å². The Bertz CT molecular complexity index is 522. The van der Waals surface area contributed by atoms with Crippen LogP contribution >= 0.6 is 0 Å². The van der Waals surface area contributed by atoms with Crippen LogP contribution in [-0.2, 0) is 0 Å². The fourth-order valence-electron chi connectivity index (χ4n) is 1.66. The Morgan fingerprint density at radius 2 is 2.18 bits per heavy atom. The van der Waals surface area contributed by atoms with Crippen LogP contribution in [0.3, 0.4) is 0 Å². The van der Waals surface area contributed by atoms with E-state index in [0.717, 1.165) is 18.2 Å². The van der Waals surface area contributed by atoms with Crippen LogP contribution in [0.2, 0.25) is 0 Å². The summed E-state index contributed by atoms with van der Waals surface area (Å²) in [6.45, 7) is 1.92. The molecule has 2 rings (SSSR count). The van der Waals surface area contributed by atoms with Crippen LogP contribution in [-0.4, -0.2) is 9.55 Å². The van der Waals surface area contributed by atoms with E-state index in [-0.39, 0.29) is 11.7 Å². The van der Waals surface area contributed by atoms with Gasteiger partial charge in [-0.05, 0) is 18.6 Å². The van der Waals surface area contributed by atoms with Crippen LogP contribution < -0.4 is 5.73 Å². The molecule has 17 heavy (non-hydrogen) atoms. The normalized spacial score (nSPS) is 12.7. The molecule has 90 valence electrons. The summed E-state index contributed by atoms with van der Waals surface area (Å²) in [6.07, 6.45) is 3.70. The average Bonchev–Trinajstić information content (AvgIpc) is 2.80. The highest BCUT2D eigenvalue weighted by Crippen LogP contribution is 2.21. The molecule has 0 fully saturated rings. The highest BCUT2D eigenvalue weighted by molar-refractivity contribution is 5.36. The van der Waals surface area contributed by atoms with Crippen LogP contribution in [0, 0.1) is 11.6 Å². The molecule has 0 radical (unpaired) electrons. The Labute approximate surface area is 97.9 Å². The molecule has 1 aromatic carbocycles. The van der Waals surface area contributed by atoms with Gasteiger partial charge in [-0.1, -0.05) is 6.92 Å². The molecule has 0 saturated heterocycles. The third-order valence-electron chi connectivity index (χ3n) is 2.65. The second-order valence-electron chi connectivity index (χ2n) is 3.80. The summed E-state index contributed by atoms with van der Waals surface area (Å²) in [6, 6.07) is 3.05. The average molecular weight is 237 g/mol. The van der Waals surface area contributed by atoms with Gasteiger partial charge in [0.2, 0.25) is 0 Å². The number of nitrogens with two attached hydrogens (primary N) is 1. The van der Waals surface area contributed by atoms with Gasteiger partial charge in [0.25, 0.3) is 0 Å². The molecule has 0 spiro atoms. The Kier molecular flexibility index (Phi) is 3.19. The number of benzene rings is 1. The zero-order valence-corrected chi connectivity index (χ0v) is 9.40. The standard InChI is InChI=1S/C12H13F2N3/c1-2-10(15)12-6-16-7-17(12)11-5-8(13)3-4-9(11)14/h3-7,10H,2,15H2,1H3/t10-/m1/s1. The first-order valence-electron chi connectivity index (χ1n) is 5.36. The number of nitrogens with zero attached hydrogens (tertiary/aromatic N) is 2. The van der Waals surface area contributed by atoms with Crippen LogP contribution in [0.5, 0.6) is 0 Å². The number of rotatable bonds is 3. The summed E-state index contributed by atoms with van der Waals surface area (Å²) in [4.78, 5) is 3.93. The van der Waals surface area contributed by atoms with Gasteiger partial charge < -0.3 is 5.73 Å². The quantitative estimate of drug-likeness (QED) is 0.891.